The maximum atomic E-state index is 5.77. The number of hydrogen-bond donors (Lipinski definition) is 2. The van der Waals surface area contributed by atoms with Crippen LogP contribution in [-0.4, -0.2) is 16.0 Å². The van der Waals surface area contributed by atoms with Crippen LogP contribution in [0.4, 0.5) is 11.6 Å². The lowest BCUT2D eigenvalue weighted by Crippen LogP contribution is -2.16. The topological polar surface area (TPSA) is 63.8 Å². The molecular weight excluding hydrogens is 200 g/mol. The summed E-state index contributed by atoms with van der Waals surface area (Å²) in [7, 11) is 0. The van der Waals surface area contributed by atoms with E-state index in [2.05, 4.69) is 22.2 Å². The lowest BCUT2D eigenvalue weighted by atomic mass is 10.2. The quantitative estimate of drug-likeness (QED) is 0.817. The Morgan fingerprint density at radius 3 is 2.81 bits per heavy atom. The van der Waals surface area contributed by atoms with Gasteiger partial charge in [-0.15, -0.1) is 0 Å². The van der Waals surface area contributed by atoms with Crippen molar-refractivity contribution >= 4 is 11.6 Å². The lowest BCUT2D eigenvalue weighted by Gasteiger charge is -2.13. The third-order valence-electron chi connectivity index (χ3n) is 2.97. The van der Waals surface area contributed by atoms with E-state index in [1.54, 1.807) is 0 Å². The van der Waals surface area contributed by atoms with E-state index >= 15 is 0 Å². The zero-order valence-corrected chi connectivity index (χ0v) is 9.87. The Morgan fingerprint density at radius 2 is 2.12 bits per heavy atom. The predicted molar refractivity (Wildman–Crippen MR) is 66.3 cm³/mol. The van der Waals surface area contributed by atoms with Gasteiger partial charge in [0.25, 0.3) is 0 Å². The highest BCUT2D eigenvalue weighted by molar-refractivity contribution is 5.45. The van der Waals surface area contributed by atoms with Gasteiger partial charge in [0.05, 0.1) is 0 Å². The van der Waals surface area contributed by atoms with Crippen molar-refractivity contribution in [2.75, 3.05) is 11.1 Å². The van der Waals surface area contributed by atoms with E-state index in [0.29, 0.717) is 11.9 Å². The second kappa shape index (κ2) is 5.14. The van der Waals surface area contributed by atoms with Crippen LogP contribution in [-0.2, 0) is 6.42 Å². The molecule has 88 valence electrons. The number of rotatable bonds is 4. The van der Waals surface area contributed by atoms with Gasteiger partial charge in [0.2, 0.25) is 0 Å². The molecule has 1 aliphatic carbocycles. The summed E-state index contributed by atoms with van der Waals surface area (Å²) in [6.45, 7) is 2.12. The second-order valence-electron chi connectivity index (χ2n) is 4.47. The van der Waals surface area contributed by atoms with Gasteiger partial charge in [-0.25, -0.2) is 9.97 Å². The van der Waals surface area contributed by atoms with Crippen molar-refractivity contribution in [3.63, 3.8) is 0 Å². The summed E-state index contributed by atoms with van der Waals surface area (Å²) < 4.78 is 0. The Kier molecular flexibility index (Phi) is 3.59. The molecule has 2 rings (SSSR count). The van der Waals surface area contributed by atoms with E-state index in [9.17, 15) is 0 Å². The predicted octanol–water partition coefficient (Wildman–Crippen LogP) is 2.37. The first kappa shape index (κ1) is 11.2. The molecule has 1 aliphatic rings. The van der Waals surface area contributed by atoms with Gasteiger partial charge in [-0.3, -0.25) is 0 Å². The van der Waals surface area contributed by atoms with E-state index < -0.39 is 0 Å². The molecule has 0 unspecified atom stereocenters. The van der Waals surface area contributed by atoms with E-state index in [4.69, 9.17) is 5.73 Å². The van der Waals surface area contributed by atoms with Gasteiger partial charge in [-0.2, -0.15) is 0 Å². The van der Waals surface area contributed by atoms with Crippen molar-refractivity contribution in [1.82, 2.24) is 9.97 Å². The van der Waals surface area contributed by atoms with Crippen LogP contribution in [0.15, 0.2) is 6.07 Å². The number of nitrogens with two attached hydrogens (primary N) is 1. The Balaban J connectivity index is 2.06. The molecule has 16 heavy (non-hydrogen) atoms. The zero-order valence-electron chi connectivity index (χ0n) is 9.87. The Hall–Kier alpha value is -1.32. The SMILES string of the molecule is CCCc1nc(N)cc(NC2CCCC2)n1. The molecule has 1 saturated carbocycles. The molecule has 0 aliphatic heterocycles. The number of nitrogen functional groups attached to an aromatic ring is 1. The number of anilines is 2. The number of nitrogens with one attached hydrogen (secondary N) is 1. The summed E-state index contributed by atoms with van der Waals surface area (Å²) >= 11 is 0. The fraction of sp³-hybridized carbons (Fsp3) is 0.667. The largest absolute Gasteiger partial charge is 0.384 e. The summed E-state index contributed by atoms with van der Waals surface area (Å²) in [5.74, 6) is 2.31. The van der Waals surface area contributed by atoms with Crippen LogP contribution < -0.4 is 11.1 Å². The summed E-state index contributed by atoms with van der Waals surface area (Å²) in [4.78, 5) is 8.71. The van der Waals surface area contributed by atoms with Gasteiger partial charge in [-0.05, 0) is 19.3 Å². The molecule has 4 nitrogen and oxygen atoms in total. The first-order chi connectivity index (χ1) is 7.78. The van der Waals surface area contributed by atoms with Crippen LogP contribution in [0.3, 0.4) is 0 Å². The molecule has 1 aromatic heterocycles. The van der Waals surface area contributed by atoms with Gasteiger partial charge in [0.1, 0.15) is 17.5 Å². The van der Waals surface area contributed by atoms with E-state index in [1.165, 1.54) is 25.7 Å². The minimum Gasteiger partial charge on any atom is -0.384 e. The Bertz CT molecular complexity index is 345. The molecule has 0 amide bonds. The highest BCUT2D eigenvalue weighted by Crippen LogP contribution is 2.22. The van der Waals surface area contributed by atoms with Crippen LogP contribution in [0.1, 0.15) is 44.9 Å². The fourth-order valence-electron chi connectivity index (χ4n) is 2.21. The molecule has 0 saturated heterocycles. The standard InChI is InChI=1S/C12H20N4/c1-2-5-11-15-10(13)8-12(16-11)14-9-6-3-4-7-9/h8-9H,2-7H2,1H3,(H3,13,14,15,16). The van der Waals surface area contributed by atoms with E-state index in [0.717, 1.165) is 24.5 Å². The van der Waals surface area contributed by atoms with Gasteiger partial charge in [-0.1, -0.05) is 19.8 Å². The molecule has 1 heterocycles. The molecule has 0 bridgehead atoms. The number of hydrogen-bond acceptors (Lipinski definition) is 4. The summed E-state index contributed by atoms with van der Waals surface area (Å²) in [6.07, 6.45) is 7.07. The number of aromatic nitrogens is 2. The van der Waals surface area contributed by atoms with Crippen molar-refractivity contribution in [2.45, 2.75) is 51.5 Å². The van der Waals surface area contributed by atoms with E-state index in [1.807, 2.05) is 6.07 Å². The summed E-state index contributed by atoms with van der Waals surface area (Å²) in [6, 6.07) is 2.40. The maximum Gasteiger partial charge on any atom is 0.133 e. The number of aryl methyl sites for hydroxylation is 1. The first-order valence-electron chi connectivity index (χ1n) is 6.18. The summed E-state index contributed by atoms with van der Waals surface area (Å²) in [5, 5.41) is 3.45. The van der Waals surface area contributed by atoms with Gasteiger partial charge in [0, 0.05) is 18.5 Å². The Labute approximate surface area is 96.7 Å². The maximum absolute atomic E-state index is 5.77. The van der Waals surface area contributed by atoms with E-state index in [-0.39, 0.29) is 0 Å². The van der Waals surface area contributed by atoms with Crippen LogP contribution in [0, 0.1) is 0 Å². The van der Waals surface area contributed by atoms with Crippen molar-refractivity contribution in [1.29, 1.82) is 0 Å². The first-order valence-corrected chi connectivity index (χ1v) is 6.18. The van der Waals surface area contributed by atoms with Crippen molar-refractivity contribution in [2.24, 2.45) is 0 Å². The highest BCUT2D eigenvalue weighted by Gasteiger charge is 2.15. The Morgan fingerprint density at radius 1 is 1.38 bits per heavy atom. The van der Waals surface area contributed by atoms with Gasteiger partial charge in [0.15, 0.2) is 0 Å². The fourth-order valence-corrected chi connectivity index (χ4v) is 2.21. The summed E-state index contributed by atoms with van der Waals surface area (Å²) in [5.41, 5.74) is 5.77. The van der Waals surface area contributed by atoms with Crippen molar-refractivity contribution in [3.05, 3.63) is 11.9 Å². The molecular formula is C12H20N4. The van der Waals surface area contributed by atoms with Crippen LogP contribution in [0.5, 0.6) is 0 Å². The molecule has 1 aromatic rings. The minimum absolute atomic E-state index is 0.568. The second-order valence-corrected chi connectivity index (χ2v) is 4.47. The highest BCUT2D eigenvalue weighted by atomic mass is 15.1. The molecule has 3 N–H and O–H groups in total. The molecule has 4 heteroatoms. The smallest absolute Gasteiger partial charge is 0.133 e. The molecule has 1 fully saturated rings. The number of nitrogens with zero attached hydrogens (tertiary/aromatic N) is 2. The average molecular weight is 220 g/mol. The average Bonchev–Trinajstić information content (AvgIpc) is 2.70. The van der Waals surface area contributed by atoms with Gasteiger partial charge < -0.3 is 11.1 Å². The minimum atomic E-state index is 0.568. The van der Waals surface area contributed by atoms with Crippen LogP contribution >= 0.6 is 0 Å². The third-order valence-corrected chi connectivity index (χ3v) is 2.97. The van der Waals surface area contributed by atoms with Crippen molar-refractivity contribution in [3.8, 4) is 0 Å². The van der Waals surface area contributed by atoms with Gasteiger partial charge >= 0.3 is 0 Å². The monoisotopic (exact) mass is 220 g/mol. The molecule has 0 spiro atoms. The third kappa shape index (κ3) is 2.84. The molecule has 0 atom stereocenters. The van der Waals surface area contributed by atoms with Crippen LogP contribution in [0.25, 0.3) is 0 Å². The molecule has 0 aromatic carbocycles. The normalized spacial score (nSPS) is 16.6. The zero-order chi connectivity index (χ0) is 11.4. The van der Waals surface area contributed by atoms with Crippen LogP contribution in [0.2, 0.25) is 0 Å². The molecule has 0 radical (unpaired) electrons. The lowest BCUT2D eigenvalue weighted by molar-refractivity contribution is 0.744. The van der Waals surface area contributed by atoms with Crippen molar-refractivity contribution < 1.29 is 0 Å².